The number of carbonyl (C=O) groups excluding carboxylic acids is 2. The maximum atomic E-state index is 11.0. The van der Waals surface area contributed by atoms with Crippen molar-refractivity contribution in [1.82, 2.24) is 5.48 Å². The number of hydrogen-bond acceptors (Lipinski definition) is 5. The highest BCUT2D eigenvalue weighted by Gasteiger charge is 2.17. The second-order valence-corrected chi connectivity index (χ2v) is 4.12. The molecule has 6 heteroatoms. The van der Waals surface area contributed by atoms with E-state index in [1.54, 1.807) is 34.6 Å². The van der Waals surface area contributed by atoms with Crippen molar-refractivity contribution in [3.8, 4) is 0 Å². The van der Waals surface area contributed by atoms with Crippen molar-refractivity contribution in [2.24, 2.45) is 0 Å². The van der Waals surface area contributed by atoms with Gasteiger partial charge < -0.3 is 14.3 Å². The van der Waals surface area contributed by atoms with Crippen molar-refractivity contribution in [1.29, 1.82) is 0 Å². The lowest BCUT2D eigenvalue weighted by molar-refractivity contribution is -0.0185. The predicted octanol–water partition coefficient (Wildman–Crippen LogP) is 1.99. The third-order valence-electron chi connectivity index (χ3n) is 0.949. The Hall–Kier alpha value is -1.46. The zero-order valence-electron chi connectivity index (χ0n) is 9.62. The summed E-state index contributed by atoms with van der Waals surface area (Å²) in [4.78, 5) is 26.1. The summed E-state index contributed by atoms with van der Waals surface area (Å²) >= 11 is 0. The van der Waals surface area contributed by atoms with Crippen molar-refractivity contribution in [2.45, 2.75) is 46.3 Å². The molecular formula is C9H17NO5. The molecule has 0 aromatic heterocycles. The molecule has 0 saturated heterocycles. The minimum absolute atomic E-state index is 0.307. The van der Waals surface area contributed by atoms with E-state index in [0.29, 0.717) is 0 Å². The van der Waals surface area contributed by atoms with Crippen LogP contribution in [0.1, 0.15) is 34.6 Å². The van der Waals surface area contributed by atoms with E-state index in [2.05, 4.69) is 9.57 Å². The molecule has 15 heavy (non-hydrogen) atoms. The van der Waals surface area contributed by atoms with Crippen molar-refractivity contribution in [3.63, 3.8) is 0 Å². The maximum Gasteiger partial charge on any atom is 0.533 e. The van der Waals surface area contributed by atoms with Gasteiger partial charge in [-0.1, -0.05) is 0 Å². The van der Waals surface area contributed by atoms with Crippen LogP contribution >= 0.6 is 0 Å². The molecule has 0 fully saturated rings. The number of carbonyl (C=O) groups is 2. The van der Waals surface area contributed by atoms with E-state index in [1.807, 2.05) is 5.48 Å². The third kappa shape index (κ3) is 8.86. The summed E-state index contributed by atoms with van der Waals surface area (Å²) in [7, 11) is 0. The van der Waals surface area contributed by atoms with Crippen LogP contribution < -0.4 is 5.48 Å². The number of hydrogen-bond donors (Lipinski definition) is 1. The van der Waals surface area contributed by atoms with Crippen LogP contribution in [0.25, 0.3) is 0 Å². The first kappa shape index (κ1) is 13.5. The minimum Gasteiger partial charge on any atom is -0.442 e. The summed E-state index contributed by atoms with van der Waals surface area (Å²) in [6.07, 6.45) is -2.13. The molecule has 1 N–H and O–H groups in total. The number of rotatable bonds is 1. The highest BCUT2D eigenvalue weighted by Crippen LogP contribution is 2.06. The highest BCUT2D eigenvalue weighted by atomic mass is 16.8. The minimum atomic E-state index is -0.976. The van der Waals surface area contributed by atoms with Crippen molar-refractivity contribution in [3.05, 3.63) is 0 Å². The van der Waals surface area contributed by atoms with Gasteiger partial charge in [-0.2, -0.15) is 0 Å². The molecule has 0 atom stereocenters. The molecule has 0 aliphatic carbocycles. The largest absolute Gasteiger partial charge is 0.533 e. The Bertz CT molecular complexity index is 231. The third-order valence-corrected chi connectivity index (χ3v) is 0.949. The standard InChI is InChI=1S/C9H17NO5/c1-6(2)13-8(12)15-10-7(11)14-9(3,4)5/h6H,1-5H3,(H,10,11). The molecule has 88 valence electrons. The summed E-state index contributed by atoms with van der Waals surface area (Å²) < 4.78 is 9.41. The SMILES string of the molecule is CC(C)OC(=O)ONC(=O)OC(C)(C)C. The Morgan fingerprint density at radius 2 is 1.73 bits per heavy atom. The predicted molar refractivity (Wildman–Crippen MR) is 52.1 cm³/mol. The lowest BCUT2D eigenvalue weighted by atomic mass is 10.2. The summed E-state index contributed by atoms with van der Waals surface area (Å²) in [6.45, 7) is 8.40. The van der Waals surface area contributed by atoms with E-state index in [9.17, 15) is 9.59 Å². The molecular weight excluding hydrogens is 202 g/mol. The molecule has 0 heterocycles. The van der Waals surface area contributed by atoms with Crippen molar-refractivity contribution in [2.75, 3.05) is 0 Å². The lowest BCUT2D eigenvalue weighted by Crippen LogP contribution is -2.34. The molecule has 0 aromatic carbocycles. The summed E-state index contributed by atoms with van der Waals surface area (Å²) in [5.41, 5.74) is 1.17. The summed E-state index contributed by atoms with van der Waals surface area (Å²) in [5.74, 6) is 0. The molecule has 0 spiro atoms. The van der Waals surface area contributed by atoms with Gasteiger partial charge in [0, 0.05) is 0 Å². The van der Waals surface area contributed by atoms with Gasteiger partial charge in [0.2, 0.25) is 0 Å². The van der Waals surface area contributed by atoms with E-state index >= 15 is 0 Å². The molecule has 0 aliphatic heterocycles. The van der Waals surface area contributed by atoms with E-state index in [4.69, 9.17) is 4.74 Å². The van der Waals surface area contributed by atoms with Crippen LogP contribution in [-0.4, -0.2) is 24.0 Å². The average molecular weight is 219 g/mol. The van der Waals surface area contributed by atoms with E-state index in [1.165, 1.54) is 0 Å². The molecule has 0 saturated carbocycles. The van der Waals surface area contributed by atoms with Gasteiger partial charge in [0.1, 0.15) is 5.60 Å². The van der Waals surface area contributed by atoms with Gasteiger partial charge in [-0.05, 0) is 34.6 Å². The summed E-state index contributed by atoms with van der Waals surface area (Å²) in [6, 6.07) is 0. The van der Waals surface area contributed by atoms with E-state index in [-0.39, 0.29) is 6.10 Å². The van der Waals surface area contributed by atoms with Crippen LogP contribution in [0, 0.1) is 0 Å². The van der Waals surface area contributed by atoms with Gasteiger partial charge in [-0.25, -0.2) is 9.59 Å². The first-order chi connectivity index (χ1) is 6.70. The zero-order valence-corrected chi connectivity index (χ0v) is 9.62. The van der Waals surface area contributed by atoms with E-state index < -0.39 is 17.8 Å². The Morgan fingerprint density at radius 3 is 2.13 bits per heavy atom. The van der Waals surface area contributed by atoms with Gasteiger partial charge in [0.25, 0.3) is 0 Å². The van der Waals surface area contributed by atoms with Crippen molar-refractivity contribution < 1.29 is 23.9 Å². The normalized spacial score (nSPS) is 10.8. The first-order valence-electron chi connectivity index (χ1n) is 4.57. The van der Waals surface area contributed by atoms with Gasteiger partial charge in [-0.3, -0.25) is 0 Å². The smallest absolute Gasteiger partial charge is 0.442 e. The van der Waals surface area contributed by atoms with Crippen LogP contribution in [0.2, 0.25) is 0 Å². The lowest BCUT2D eigenvalue weighted by Gasteiger charge is -2.19. The number of ether oxygens (including phenoxy) is 2. The Morgan fingerprint density at radius 1 is 1.20 bits per heavy atom. The van der Waals surface area contributed by atoms with Gasteiger partial charge in [0.15, 0.2) is 0 Å². The second-order valence-electron chi connectivity index (χ2n) is 4.12. The molecule has 6 nitrogen and oxygen atoms in total. The van der Waals surface area contributed by atoms with E-state index in [0.717, 1.165) is 0 Å². The van der Waals surface area contributed by atoms with Crippen molar-refractivity contribution >= 4 is 12.2 Å². The molecule has 0 bridgehead atoms. The highest BCUT2D eigenvalue weighted by molar-refractivity contribution is 5.69. The quantitative estimate of drug-likeness (QED) is 0.539. The molecule has 1 amide bonds. The topological polar surface area (TPSA) is 73.9 Å². The van der Waals surface area contributed by atoms with Crippen LogP contribution in [0.4, 0.5) is 9.59 Å². The monoisotopic (exact) mass is 219 g/mol. The first-order valence-corrected chi connectivity index (χ1v) is 4.57. The molecule has 0 radical (unpaired) electrons. The molecule has 0 unspecified atom stereocenters. The fraction of sp³-hybridized carbons (Fsp3) is 0.778. The fourth-order valence-electron chi connectivity index (χ4n) is 0.599. The Balaban J connectivity index is 3.77. The van der Waals surface area contributed by atoms with Gasteiger partial charge >= 0.3 is 12.2 Å². The second kappa shape index (κ2) is 5.43. The van der Waals surface area contributed by atoms with Crippen LogP contribution in [0.5, 0.6) is 0 Å². The molecule has 0 rings (SSSR count). The summed E-state index contributed by atoms with van der Waals surface area (Å²) in [5, 5.41) is 0. The van der Waals surface area contributed by atoms with Crippen LogP contribution in [0.15, 0.2) is 0 Å². The Labute approximate surface area is 88.8 Å². The fourth-order valence-corrected chi connectivity index (χ4v) is 0.599. The maximum absolute atomic E-state index is 11.0. The number of amides is 1. The van der Waals surface area contributed by atoms with Crippen LogP contribution in [0.3, 0.4) is 0 Å². The average Bonchev–Trinajstić information content (AvgIpc) is 1.96. The van der Waals surface area contributed by atoms with Gasteiger partial charge in [0.05, 0.1) is 6.10 Å². The molecule has 0 aromatic rings. The van der Waals surface area contributed by atoms with Gasteiger partial charge in [-0.15, -0.1) is 5.48 Å². The molecule has 0 aliphatic rings. The van der Waals surface area contributed by atoms with Crippen LogP contribution in [-0.2, 0) is 14.3 Å². The number of nitrogens with one attached hydrogen (secondary N) is 1. The zero-order chi connectivity index (χ0) is 12.1. The Kier molecular flexibility index (Phi) is 4.90. The number of hydroxylamine groups is 1.